The molecule has 0 spiro atoms. The predicted molar refractivity (Wildman–Crippen MR) is 166 cm³/mol. The Morgan fingerprint density at radius 3 is 1.48 bits per heavy atom. The number of benzene rings is 6. The lowest BCUT2D eigenvalue weighted by Gasteiger charge is -2.29. The van der Waals surface area contributed by atoms with Crippen LogP contribution < -0.4 is 4.90 Å². The van der Waals surface area contributed by atoms with Crippen LogP contribution >= 0.6 is 31.9 Å². The molecule has 0 saturated carbocycles. The zero-order chi connectivity index (χ0) is 29.2. The molecule has 0 radical (unpaired) electrons. The van der Waals surface area contributed by atoms with Crippen LogP contribution in [0.3, 0.4) is 0 Å². The van der Waals surface area contributed by atoms with Crippen LogP contribution in [0.1, 0.15) is 11.1 Å². The van der Waals surface area contributed by atoms with Crippen LogP contribution in [0.25, 0.3) is 32.7 Å². The van der Waals surface area contributed by atoms with Gasteiger partial charge in [0.1, 0.15) is 0 Å². The number of nitrogens with zero attached hydrogens (tertiary/aromatic N) is 1. The van der Waals surface area contributed by atoms with E-state index >= 15 is 0 Å². The molecule has 0 fully saturated rings. The van der Waals surface area contributed by atoms with Crippen LogP contribution in [0, 0.1) is 0 Å². The van der Waals surface area contributed by atoms with E-state index in [2.05, 4.69) is 41.5 Å². The number of hydrogen-bond acceptors (Lipinski definition) is 2. The number of alkyl halides is 4. The Morgan fingerprint density at radius 2 is 0.976 bits per heavy atom. The van der Waals surface area contributed by atoms with Gasteiger partial charge < -0.3 is 4.90 Å². The van der Waals surface area contributed by atoms with Gasteiger partial charge >= 0.3 is 12.2 Å². The average molecular weight is 693 g/mol. The number of hydrogen-bond donors (Lipinski definition) is 0. The quantitative estimate of drug-likeness (QED) is 0.135. The predicted octanol–water partition coefficient (Wildman–Crippen LogP) is 11.8. The minimum Gasteiger partial charge on any atom is -0.309 e. The Bertz CT molecular complexity index is 1890. The minimum absolute atomic E-state index is 0.396. The van der Waals surface area contributed by atoms with E-state index in [4.69, 9.17) is 0 Å². The lowest BCUT2D eigenvalue weighted by atomic mass is 9.88. The topological polar surface area (TPSA) is 12.5 Å². The number of rotatable bonds is 4. The highest BCUT2D eigenvalue weighted by atomic mass is 79.9. The molecule has 0 amide bonds. The van der Waals surface area contributed by atoms with E-state index in [0.29, 0.717) is 11.1 Å². The number of ether oxygens (including phenoxy) is 1. The Kier molecular flexibility index (Phi) is 6.42. The standard InChI is InChI=1S/C34H19Br2F4NO/c35-21-10-14-23(15-11-21)41(24-16-12-22(36)13-17-24)32-27-7-3-1-5-25(27)31(26-6-2-4-8-28(26)32)20-9-18-29-30(19-20)34(39,40)42-33(29,37)38/h1-19H. The molecule has 0 N–H and O–H groups in total. The van der Waals surface area contributed by atoms with Gasteiger partial charge in [0.05, 0.1) is 16.8 Å². The highest BCUT2D eigenvalue weighted by molar-refractivity contribution is 9.10. The van der Waals surface area contributed by atoms with E-state index in [0.717, 1.165) is 59.7 Å². The molecule has 42 heavy (non-hydrogen) atoms. The molecular weight excluding hydrogens is 674 g/mol. The van der Waals surface area contributed by atoms with Gasteiger partial charge in [0.15, 0.2) is 0 Å². The van der Waals surface area contributed by atoms with Crippen molar-refractivity contribution in [1.82, 2.24) is 0 Å². The number of halogens is 6. The highest BCUT2D eigenvalue weighted by Gasteiger charge is 2.57. The molecule has 6 aromatic rings. The minimum atomic E-state index is -4.11. The summed E-state index contributed by atoms with van der Waals surface area (Å²) in [5, 5.41) is 3.32. The zero-order valence-corrected chi connectivity index (χ0v) is 24.8. The summed E-state index contributed by atoms with van der Waals surface area (Å²) in [6.07, 6.45) is -8.18. The third kappa shape index (κ3) is 4.40. The first kappa shape index (κ1) is 27.1. The van der Waals surface area contributed by atoms with Crippen molar-refractivity contribution < 1.29 is 22.3 Å². The van der Waals surface area contributed by atoms with Gasteiger partial charge in [-0.15, -0.1) is 0 Å². The molecule has 0 aliphatic carbocycles. The van der Waals surface area contributed by atoms with E-state index in [1.54, 1.807) is 0 Å². The second-order valence-corrected chi connectivity index (χ2v) is 11.8. The second kappa shape index (κ2) is 9.93. The van der Waals surface area contributed by atoms with Crippen LogP contribution in [0.4, 0.5) is 34.6 Å². The number of fused-ring (bicyclic) bond motifs is 3. The van der Waals surface area contributed by atoms with Gasteiger partial charge in [-0.3, -0.25) is 0 Å². The summed E-state index contributed by atoms with van der Waals surface area (Å²) in [6, 6.07) is 35.1. The summed E-state index contributed by atoms with van der Waals surface area (Å²) in [7, 11) is 0. The largest absolute Gasteiger partial charge is 0.388 e. The van der Waals surface area contributed by atoms with Gasteiger partial charge in [-0.05, 0) is 82.6 Å². The van der Waals surface area contributed by atoms with Crippen molar-refractivity contribution in [2.45, 2.75) is 12.2 Å². The first-order valence-corrected chi connectivity index (χ1v) is 14.6. The summed E-state index contributed by atoms with van der Waals surface area (Å²) in [5.74, 6) is 0. The van der Waals surface area contributed by atoms with Crippen molar-refractivity contribution in [1.29, 1.82) is 0 Å². The van der Waals surface area contributed by atoms with Gasteiger partial charge in [-0.1, -0.05) is 86.5 Å². The maximum Gasteiger partial charge on any atom is 0.388 e. The fourth-order valence-electron chi connectivity index (χ4n) is 5.71. The van der Waals surface area contributed by atoms with Gasteiger partial charge in [-0.25, -0.2) is 4.74 Å². The van der Waals surface area contributed by atoms with Crippen molar-refractivity contribution in [2.24, 2.45) is 0 Å². The smallest absolute Gasteiger partial charge is 0.309 e. The average Bonchev–Trinajstić information content (AvgIpc) is 3.17. The third-order valence-electron chi connectivity index (χ3n) is 7.49. The molecule has 7 rings (SSSR count). The zero-order valence-electron chi connectivity index (χ0n) is 21.6. The Labute approximate surface area is 255 Å². The SMILES string of the molecule is FC1(F)OC(F)(F)c2cc(-c3c4ccccc4c(N(c4ccc(Br)cc4)c4ccc(Br)cc4)c4ccccc34)ccc21. The van der Waals surface area contributed by atoms with E-state index in [9.17, 15) is 17.6 Å². The third-order valence-corrected chi connectivity index (χ3v) is 8.55. The van der Waals surface area contributed by atoms with Gasteiger partial charge in [-0.2, -0.15) is 17.6 Å². The Hall–Kier alpha value is -3.72. The highest BCUT2D eigenvalue weighted by Crippen LogP contribution is 2.53. The second-order valence-electron chi connectivity index (χ2n) is 10.00. The van der Waals surface area contributed by atoms with Crippen molar-refractivity contribution in [3.8, 4) is 11.1 Å². The first-order chi connectivity index (χ1) is 20.1. The van der Waals surface area contributed by atoms with Crippen LogP contribution in [0.2, 0.25) is 0 Å². The van der Waals surface area contributed by atoms with E-state index in [-0.39, 0.29) is 0 Å². The molecule has 0 aromatic heterocycles. The molecule has 208 valence electrons. The molecule has 0 bridgehead atoms. The normalized spacial score (nSPS) is 15.2. The fourth-order valence-corrected chi connectivity index (χ4v) is 6.24. The van der Waals surface area contributed by atoms with Crippen LogP contribution in [0.15, 0.2) is 124 Å². The van der Waals surface area contributed by atoms with Crippen LogP contribution in [-0.4, -0.2) is 0 Å². The van der Waals surface area contributed by atoms with Crippen molar-refractivity contribution in [3.63, 3.8) is 0 Å². The summed E-state index contributed by atoms with van der Waals surface area (Å²) >= 11 is 7.07. The molecule has 8 heteroatoms. The molecule has 2 nitrogen and oxygen atoms in total. The summed E-state index contributed by atoms with van der Waals surface area (Å²) < 4.78 is 63.6. The summed E-state index contributed by atoms with van der Waals surface area (Å²) in [5.41, 5.74) is 2.15. The summed E-state index contributed by atoms with van der Waals surface area (Å²) in [6.45, 7) is 0. The lowest BCUT2D eigenvalue weighted by molar-refractivity contribution is -0.369. The van der Waals surface area contributed by atoms with Gasteiger partial charge in [0.25, 0.3) is 0 Å². The molecule has 0 unspecified atom stereocenters. The van der Waals surface area contributed by atoms with Crippen LogP contribution in [0.5, 0.6) is 0 Å². The van der Waals surface area contributed by atoms with Gasteiger partial charge in [0, 0.05) is 31.1 Å². The molecule has 0 atom stereocenters. The molecule has 1 aliphatic heterocycles. The van der Waals surface area contributed by atoms with E-state index in [1.807, 2.05) is 97.1 Å². The molecular formula is C34H19Br2F4NO. The lowest BCUT2D eigenvalue weighted by Crippen LogP contribution is -2.17. The van der Waals surface area contributed by atoms with Crippen molar-refractivity contribution in [2.75, 3.05) is 4.90 Å². The van der Waals surface area contributed by atoms with Crippen molar-refractivity contribution in [3.05, 3.63) is 135 Å². The molecule has 6 aromatic carbocycles. The van der Waals surface area contributed by atoms with Gasteiger partial charge in [0.2, 0.25) is 0 Å². The monoisotopic (exact) mass is 691 g/mol. The summed E-state index contributed by atoms with van der Waals surface area (Å²) in [4.78, 5) is 2.17. The Morgan fingerprint density at radius 1 is 0.524 bits per heavy atom. The Balaban J connectivity index is 1.57. The fraction of sp³-hybridized carbons (Fsp3) is 0.0588. The molecule has 0 saturated heterocycles. The van der Waals surface area contributed by atoms with Crippen molar-refractivity contribution >= 4 is 70.5 Å². The number of anilines is 3. The molecule has 1 aliphatic rings. The van der Waals surface area contributed by atoms with E-state index < -0.39 is 23.3 Å². The molecule has 1 heterocycles. The van der Waals surface area contributed by atoms with E-state index in [1.165, 1.54) is 6.07 Å². The maximum absolute atomic E-state index is 14.6. The van der Waals surface area contributed by atoms with Crippen LogP contribution in [-0.2, 0) is 17.0 Å². The first-order valence-electron chi connectivity index (χ1n) is 13.0. The maximum atomic E-state index is 14.6.